The van der Waals surface area contributed by atoms with Crippen LogP contribution >= 0.6 is 0 Å². The van der Waals surface area contributed by atoms with Crippen LogP contribution in [0.2, 0.25) is 0 Å². The van der Waals surface area contributed by atoms with E-state index >= 15 is 0 Å². The predicted octanol–water partition coefficient (Wildman–Crippen LogP) is -0.755. The average molecular weight is 232 g/mol. The highest BCUT2D eigenvalue weighted by atomic mass is 16.2. The molecule has 0 unspecified atom stereocenters. The van der Waals surface area contributed by atoms with Gasteiger partial charge in [-0.2, -0.15) is 0 Å². The first-order valence-electron chi connectivity index (χ1n) is 4.90. The van der Waals surface area contributed by atoms with Gasteiger partial charge in [0.2, 0.25) is 5.91 Å². The molecule has 5 nitrogen and oxygen atoms in total. The Hall–Kier alpha value is -2.32. The number of benzene rings is 1. The monoisotopic (exact) mass is 232 g/mol. The molecule has 5 heteroatoms. The summed E-state index contributed by atoms with van der Waals surface area (Å²) < 4.78 is 0. The zero-order valence-electron chi connectivity index (χ0n) is 9.06. The van der Waals surface area contributed by atoms with E-state index in [0.29, 0.717) is 11.1 Å². The Bertz CT molecular complexity index is 486. The van der Waals surface area contributed by atoms with Crippen LogP contribution in [0.4, 0.5) is 0 Å². The molecule has 4 N–H and O–H groups in total. The summed E-state index contributed by atoms with van der Waals surface area (Å²) in [6, 6.07) is 6.55. The van der Waals surface area contributed by atoms with E-state index in [-0.39, 0.29) is 13.2 Å². The summed E-state index contributed by atoms with van der Waals surface area (Å²) in [4.78, 5) is 22.1. The highest BCUT2D eigenvalue weighted by Crippen LogP contribution is 2.03. The summed E-state index contributed by atoms with van der Waals surface area (Å²) >= 11 is 0. The molecule has 2 amide bonds. The largest absolute Gasteiger partial charge is 0.384 e. The third-order valence-corrected chi connectivity index (χ3v) is 1.86. The van der Waals surface area contributed by atoms with E-state index in [1.165, 1.54) is 0 Å². The minimum Gasteiger partial charge on any atom is -0.384 e. The number of rotatable bonds is 3. The number of carbonyl (C=O) groups is 2. The highest BCUT2D eigenvalue weighted by molar-refractivity contribution is 5.96. The zero-order chi connectivity index (χ0) is 12.7. The third kappa shape index (κ3) is 4.36. The molecule has 0 fully saturated rings. The molecule has 0 spiro atoms. The molecule has 0 aromatic heterocycles. The van der Waals surface area contributed by atoms with Crippen molar-refractivity contribution < 1.29 is 14.7 Å². The van der Waals surface area contributed by atoms with Crippen LogP contribution in [0.3, 0.4) is 0 Å². The van der Waals surface area contributed by atoms with Gasteiger partial charge in [-0.05, 0) is 18.2 Å². The maximum Gasteiger partial charge on any atom is 0.251 e. The minimum absolute atomic E-state index is 0.203. The van der Waals surface area contributed by atoms with Crippen molar-refractivity contribution in [2.75, 3.05) is 13.2 Å². The standard InChI is InChI=1S/C12H12N2O3/c13-11(16)8-14-12(17)10-5-1-3-9(7-10)4-2-6-15/h1,3,5,7,15H,6,8H2,(H2,13,16)(H,14,17). The van der Waals surface area contributed by atoms with Crippen molar-refractivity contribution in [3.05, 3.63) is 35.4 Å². The van der Waals surface area contributed by atoms with Gasteiger partial charge in [0, 0.05) is 11.1 Å². The Kier molecular flexibility index (Phi) is 4.73. The van der Waals surface area contributed by atoms with Crippen LogP contribution in [0.1, 0.15) is 15.9 Å². The van der Waals surface area contributed by atoms with Gasteiger partial charge >= 0.3 is 0 Å². The van der Waals surface area contributed by atoms with Gasteiger partial charge in [0.1, 0.15) is 6.61 Å². The Morgan fingerprint density at radius 3 is 2.82 bits per heavy atom. The summed E-state index contributed by atoms with van der Waals surface area (Å²) in [6.07, 6.45) is 0. The zero-order valence-corrected chi connectivity index (χ0v) is 9.06. The van der Waals surface area contributed by atoms with Gasteiger partial charge in [-0.25, -0.2) is 0 Å². The quantitative estimate of drug-likeness (QED) is 0.598. The second kappa shape index (κ2) is 6.30. The topological polar surface area (TPSA) is 92.4 Å². The lowest BCUT2D eigenvalue weighted by atomic mass is 10.1. The molecule has 17 heavy (non-hydrogen) atoms. The van der Waals surface area contributed by atoms with Gasteiger partial charge in [0.05, 0.1) is 6.54 Å². The van der Waals surface area contributed by atoms with Gasteiger partial charge in [0.25, 0.3) is 5.91 Å². The van der Waals surface area contributed by atoms with Crippen LogP contribution in [0.15, 0.2) is 24.3 Å². The first-order valence-corrected chi connectivity index (χ1v) is 4.90. The molecule has 0 saturated heterocycles. The molecule has 0 radical (unpaired) electrons. The van der Waals surface area contributed by atoms with Crippen molar-refractivity contribution in [3.8, 4) is 11.8 Å². The SMILES string of the molecule is NC(=O)CNC(=O)c1cccc(C#CCO)c1. The number of nitrogens with one attached hydrogen (secondary N) is 1. The minimum atomic E-state index is -0.602. The molecule has 1 aromatic rings. The van der Waals surface area contributed by atoms with E-state index in [1.807, 2.05) is 0 Å². The summed E-state index contributed by atoms with van der Waals surface area (Å²) in [5, 5.41) is 10.9. The molecule has 0 atom stereocenters. The number of hydrogen-bond donors (Lipinski definition) is 3. The fourth-order valence-electron chi connectivity index (χ4n) is 1.15. The van der Waals surface area contributed by atoms with Crippen LogP contribution in [0, 0.1) is 11.8 Å². The summed E-state index contributed by atoms with van der Waals surface area (Å²) in [5.41, 5.74) is 5.91. The Morgan fingerprint density at radius 2 is 2.18 bits per heavy atom. The summed E-state index contributed by atoms with van der Waals surface area (Å²) in [7, 11) is 0. The second-order valence-corrected chi connectivity index (χ2v) is 3.19. The molecular formula is C12H12N2O3. The molecule has 0 heterocycles. The van der Waals surface area contributed by atoms with Crippen LogP contribution in [0.25, 0.3) is 0 Å². The molecular weight excluding hydrogens is 220 g/mol. The normalized spacial score (nSPS) is 9.00. The molecule has 0 saturated carbocycles. The highest BCUT2D eigenvalue weighted by Gasteiger charge is 2.06. The van der Waals surface area contributed by atoms with E-state index in [4.69, 9.17) is 10.8 Å². The first kappa shape index (κ1) is 12.7. The van der Waals surface area contributed by atoms with E-state index in [1.54, 1.807) is 24.3 Å². The molecule has 0 aliphatic heterocycles. The Balaban J connectivity index is 2.77. The van der Waals surface area contributed by atoms with Crippen molar-refractivity contribution in [2.24, 2.45) is 5.73 Å². The number of nitrogens with two attached hydrogens (primary N) is 1. The number of carbonyl (C=O) groups excluding carboxylic acids is 2. The van der Waals surface area contributed by atoms with Gasteiger partial charge < -0.3 is 16.2 Å². The van der Waals surface area contributed by atoms with E-state index in [0.717, 1.165) is 0 Å². The lowest BCUT2D eigenvalue weighted by molar-refractivity contribution is -0.117. The fraction of sp³-hybridized carbons (Fsp3) is 0.167. The van der Waals surface area contributed by atoms with E-state index in [9.17, 15) is 9.59 Å². The number of aliphatic hydroxyl groups is 1. The third-order valence-electron chi connectivity index (χ3n) is 1.86. The summed E-state index contributed by atoms with van der Waals surface area (Å²) in [5.74, 6) is 4.17. The number of primary amides is 1. The van der Waals surface area contributed by atoms with Gasteiger partial charge in [-0.1, -0.05) is 17.9 Å². The molecule has 0 bridgehead atoms. The summed E-state index contributed by atoms with van der Waals surface area (Å²) in [6.45, 7) is -0.441. The smallest absolute Gasteiger partial charge is 0.251 e. The van der Waals surface area contributed by atoms with Crippen LogP contribution < -0.4 is 11.1 Å². The second-order valence-electron chi connectivity index (χ2n) is 3.19. The van der Waals surface area contributed by atoms with Crippen molar-refractivity contribution in [1.82, 2.24) is 5.32 Å². The maximum absolute atomic E-state index is 11.6. The molecule has 0 aliphatic rings. The predicted molar refractivity (Wildman–Crippen MR) is 61.9 cm³/mol. The first-order chi connectivity index (χ1) is 8.13. The van der Waals surface area contributed by atoms with Crippen LogP contribution in [0.5, 0.6) is 0 Å². The lowest BCUT2D eigenvalue weighted by Gasteiger charge is -2.02. The maximum atomic E-state index is 11.6. The Labute approximate surface area is 98.6 Å². The fourth-order valence-corrected chi connectivity index (χ4v) is 1.15. The van der Waals surface area contributed by atoms with Gasteiger partial charge in [-0.15, -0.1) is 0 Å². The molecule has 1 rings (SSSR count). The molecule has 0 aliphatic carbocycles. The van der Waals surface area contributed by atoms with Crippen molar-refractivity contribution >= 4 is 11.8 Å². The van der Waals surface area contributed by atoms with Crippen LogP contribution in [-0.2, 0) is 4.79 Å². The average Bonchev–Trinajstić information content (AvgIpc) is 2.33. The van der Waals surface area contributed by atoms with E-state index in [2.05, 4.69) is 17.2 Å². The molecule has 1 aromatic carbocycles. The van der Waals surface area contributed by atoms with Crippen LogP contribution in [-0.4, -0.2) is 30.1 Å². The van der Waals surface area contributed by atoms with Crippen molar-refractivity contribution in [2.45, 2.75) is 0 Å². The molecule has 88 valence electrons. The lowest BCUT2D eigenvalue weighted by Crippen LogP contribution is -2.33. The number of aliphatic hydroxyl groups excluding tert-OH is 1. The number of amides is 2. The van der Waals surface area contributed by atoms with Crippen molar-refractivity contribution in [3.63, 3.8) is 0 Å². The van der Waals surface area contributed by atoms with Gasteiger partial charge in [-0.3, -0.25) is 9.59 Å². The number of hydrogen-bond acceptors (Lipinski definition) is 3. The Morgan fingerprint density at radius 1 is 1.41 bits per heavy atom. The van der Waals surface area contributed by atoms with Crippen molar-refractivity contribution in [1.29, 1.82) is 0 Å². The van der Waals surface area contributed by atoms with E-state index < -0.39 is 11.8 Å². The van der Waals surface area contributed by atoms with Gasteiger partial charge in [0.15, 0.2) is 0 Å².